The summed E-state index contributed by atoms with van der Waals surface area (Å²) < 4.78 is 22.1. The first-order valence-electron chi connectivity index (χ1n) is 3.15. The van der Waals surface area contributed by atoms with Crippen molar-refractivity contribution in [2.45, 2.75) is 4.87 Å². The fourth-order valence-electron chi connectivity index (χ4n) is 0.779. The second-order valence-corrected chi connectivity index (χ2v) is 4.79. The van der Waals surface area contributed by atoms with Crippen molar-refractivity contribution in [1.29, 1.82) is 0 Å². The van der Waals surface area contributed by atoms with E-state index < -0.39 is 14.7 Å². The first-order valence-corrected chi connectivity index (χ1v) is 5.04. The van der Waals surface area contributed by atoms with Crippen molar-refractivity contribution in [2.24, 2.45) is 5.73 Å². The van der Waals surface area contributed by atoms with Crippen LogP contribution < -0.4 is 5.73 Å². The van der Waals surface area contributed by atoms with Crippen LogP contribution in [-0.4, -0.2) is 19.5 Å². The Labute approximate surface area is 66.5 Å². The summed E-state index contributed by atoms with van der Waals surface area (Å²) in [5.74, 6) is 0. The van der Waals surface area contributed by atoms with Crippen LogP contribution in [0.1, 0.15) is 0 Å². The lowest BCUT2D eigenvalue weighted by Crippen LogP contribution is -2.46. The molecule has 0 saturated heterocycles. The Kier molecular flexibility index (Phi) is 1.90. The van der Waals surface area contributed by atoms with Gasteiger partial charge in [-0.15, -0.1) is 0 Å². The van der Waals surface area contributed by atoms with Gasteiger partial charge in [-0.05, 0) is 6.08 Å². The van der Waals surface area contributed by atoms with Crippen LogP contribution in [0.25, 0.3) is 0 Å². The minimum absolute atomic E-state index is 1.12. The van der Waals surface area contributed by atoms with Crippen molar-refractivity contribution < 1.29 is 8.42 Å². The van der Waals surface area contributed by atoms with Gasteiger partial charge in [-0.1, -0.05) is 18.2 Å². The minimum atomic E-state index is -3.24. The number of nitrogens with two attached hydrogens (primary N) is 1. The third-order valence-corrected chi connectivity index (χ3v) is 3.13. The summed E-state index contributed by atoms with van der Waals surface area (Å²) in [7, 11) is -3.24. The molecule has 0 amide bonds. The number of rotatable bonds is 1. The molecule has 0 aromatic rings. The van der Waals surface area contributed by atoms with E-state index in [1.165, 1.54) is 12.5 Å². The zero-order valence-corrected chi connectivity index (χ0v) is 7.01. The normalized spacial score (nSPS) is 30.7. The minimum Gasteiger partial charge on any atom is -0.309 e. The van der Waals surface area contributed by atoms with Gasteiger partial charge in [0, 0.05) is 12.7 Å². The van der Waals surface area contributed by atoms with Crippen LogP contribution in [0.15, 0.2) is 24.3 Å². The molecule has 1 aliphatic rings. The number of hydrogen-bond donors (Lipinski definition) is 1. The zero-order chi connectivity index (χ0) is 8.54. The van der Waals surface area contributed by atoms with E-state index in [0.717, 1.165) is 6.26 Å². The summed E-state index contributed by atoms with van der Waals surface area (Å²) >= 11 is 0. The highest BCUT2D eigenvalue weighted by Gasteiger charge is 2.33. The third kappa shape index (κ3) is 1.52. The highest BCUT2D eigenvalue weighted by molar-refractivity contribution is 7.92. The summed E-state index contributed by atoms with van der Waals surface area (Å²) in [4.78, 5) is -1.30. The molecule has 0 fully saturated rings. The van der Waals surface area contributed by atoms with E-state index in [1.807, 2.05) is 0 Å². The molecule has 0 spiro atoms. The Hall–Kier alpha value is -0.610. The fourth-order valence-corrected chi connectivity index (χ4v) is 1.43. The predicted molar refractivity (Wildman–Crippen MR) is 44.3 cm³/mol. The standard InChI is InChI=1S/C7H10NO2S/c1-11(9,10)7(8)5-3-2-4-6-7/h2-6H,8H2,1H3. The Morgan fingerprint density at radius 1 is 1.27 bits per heavy atom. The van der Waals surface area contributed by atoms with Gasteiger partial charge in [-0.2, -0.15) is 0 Å². The number of hydrogen-bond acceptors (Lipinski definition) is 3. The quantitative estimate of drug-likeness (QED) is 0.606. The maximum atomic E-state index is 11.1. The first-order chi connectivity index (χ1) is 4.96. The summed E-state index contributed by atoms with van der Waals surface area (Å²) in [5.41, 5.74) is 5.55. The molecular weight excluding hydrogens is 162 g/mol. The molecular formula is C7H10NO2S. The van der Waals surface area contributed by atoms with Gasteiger partial charge in [-0.25, -0.2) is 8.42 Å². The molecule has 61 valence electrons. The van der Waals surface area contributed by atoms with E-state index in [-0.39, 0.29) is 0 Å². The maximum Gasteiger partial charge on any atom is 0.170 e. The van der Waals surface area contributed by atoms with Crippen LogP contribution in [0.3, 0.4) is 0 Å². The lowest BCUT2D eigenvalue weighted by atomic mass is 10.1. The molecule has 1 aliphatic carbocycles. The van der Waals surface area contributed by atoms with E-state index in [4.69, 9.17) is 5.73 Å². The lowest BCUT2D eigenvalue weighted by molar-refractivity contribution is 0.579. The molecule has 0 saturated carbocycles. The zero-order valence-electron chi connectivity index (χ0n) is 6.19. The SMILES string of the molecule is CS(=O)(=O)C1(N)[CH]C=CC=C1. The smallest absolute Gasteiger partial charge is 0.170 e. The fraction of sp³-hybridized carbons (Fsp3) is 0.286. The van der Waals surface area contributed by atoms with Crippen molar-refractivity contribution in [2.75, 3.05) is 6.26 Å². The molecule has 2 N–H and O–H groups in total. The van der Waals surface area contributed by atoms with Gasteiger partial charge in [0.1, 0.15) is 4.87 Å². The number of allylic oxidation sites excluding steroid dienone is 2. The van der Waals surface area contributed by atoms with Crippen LogP contribution in [0.4, 0.5) is 0 Å². The maximum absolute atomic E-state index is 11.1. The molecule has 1 unspecified atom stereocenters. The number of sulfone groups is 1. The van der Waals surface area contributed by atoms with E-state index in [0.29, 0.717) is 0 Å². The van der Waals surface area contributed by atoms with Gasteiger partial charge in [-0.3, -0.25) is 0 Å². The highest BCUT2D eigenvalue weighted by atomic mass is 32.2. The van der Waals surface area contributed by atoms with E-state index in [9.17, 15) is 8.42 Å². The second-order valence-electron chi connectivity index (χ2n) is 2.54. The van der Waals surface area contributed by atoms with E-state index in [1.54, 1.807) is 18.2 Å². The highest BCUT2D eigenvalue weighted by Crippen LogP contribution is 2.18. The first kappa shape index (κ1) is 8.49. The van der Waals surface area contributed by atoms with Crippen LogP contribution in [0, 0.1) is 6.42 Å². The van der Waals surface area contributed by atoms with Gasteiger partial charge in [0.15, 0.2) is 9.84 Å². The van der Waals surface area contributed by atoms with Crippen molar-refractivity contribution in [1.82, 2.24) is 0 Å². The van der Waals surface area contributed by atoms with E-state index in [2.05, 4.69) is 0 Å². The van der Waals surface area contributed by atoms with Gasteiger partial charge < -0.3 is 5.73 Å². The van der Waals surface area contributed by atoms with E-state index >= 15 is 0 Å². The molecule has 1 radical (unpaired) electrons. The Balaban J connectivity index is 3.04. The van der Waals surface area contributed by atoms with Crippen molar-refractivity contribution in [3.8, 4) is 0 Å². The van der Waals surface area contributed by atoms with Crippen LogP contribution in [0.5, 0.6) is 0 Å². The summed E-state index contributed by atoms with van der Waals surface area (Å²) in [6.45, 7) is 0. The third-order valence-electron chi connectivity index (χ3n) is 1.58. The summed E-state index contributed by atoms with van der Waals surface area (Å²) in [5, 5.41) is 0. The van der Waals surface area contributed by atoms with Crippen molar-refractivity contribution >= 4 is 9.84 Å². The molecule has 3 nitrogen and oxygen atoms in total. The molecule has 0 aromatic heterocycles. The molecule has 0 bridgehead atoms. The average Bonchev–Trinajstić information content (AvgIpc) is 1.87. The Bertz CT molecular complexity index is 302. The van der Waals surface area contributed by atoms with Crippen LogP contribution >= 0.6 is 0 Å². The van der Waals surface area contributed by atoms with Crippen molar-refractivity contribution in [3.05, 3.63) is 30.7 Å². The lowest BCUT2D eigenvalue weighted by Gasteiger charge is -2.23. The van der Waals surface area contributed by atoms with Crippen LogP contribution in [-0.2, 0) is 9.84 Å². The topological polar surface area (TPSA) is 60.2 Å². The molecule has 11 heavy (non-hydrogen) atoms. The molecule has 0 aromatic carbocycles. The molecule has 1 rings (SSSR count). The Morgan fingerprint density at radius 3 is 2.18 bits per heavy atom. The van der Waals surface area contributed by atoms with Gasteiger partial charge in [0.25, 0.3) is 0 Å². The van der Waals surface area contributed by atoms with Gasteiger partial charge >= 0.3 is 0 Å². The van der Waals surface area contributed by atoms with Crippen molar-refractivity contribution in [3.63, 3.8) is 0 Å². The Morgan fingerprint density at radius 2 is 1.91 bits per heavy atom. The monoisotopic (exact) mass is 172 g/mol. The van der Waals surface area contributed by atoms with Crippen LogP contribution in [0.2, 0.25) is 0 Å². The molecule has 1 atom stereocenters. The van der Waals surface area contributed by atoms with Gasteiger partial charge in [0.05, 0.1) is 0 Å². The summed E-state index contributed by atoms with van der Waals surface area (Å²) in [6.07, 6.45) is 9.02. The molecule has 0 heterocycles. The average molecular weight is 172 g/mol. The molecule has 4 heteroatoms. The largest absolute Gasteiger partial charge is 0.309 e. The van der Waals surface area contributed by atoms with Gasteiger partial charge in [0.2, 0.25) is 0 Å². The summed E-state index contributed by atoms with van der Waals surface area (Å²) in [6, 6.07) is 0. The molecule has 0 aliphatic heterocycles. The predicted octanol–water partition coefficient (Wildman–Crippen LogP) is 0.0163. The second kappa shape index (κ2) is 2.46.